The lowest BCUT2D eigenvalue weighted by molar-refractivity contribution is 0.858. The van der Waals surface area contributed by atoms with Crippen LogP contribution in [0.15, 0.2) is 136 Å². The molecule has 0 bridgehead atoms. The first-order valence-electron chi connectivity index (χ1n) is 16.1. The van der Waals surface area contributed by atoms with Crippen molar-refractivity contribution in [2.45, 2.75) is 6.54 Å². The van der Waals surface area contributed by atoms with Crippen LogP contribution in [0.1, 0.15) is 5.56 Å². The largest absolute Gasteiger partial charge is 0.359 e. The Bertz CT molecular complexity index is 2210. The van der Waals surface area contributed by atoms with Crippen LogP contribution in [0.25, 0.3) is 49.9 Å². The molecule has 0 aliphatic carbocycles. The van der Waals surface area contributed by atoms with E-state index in [4.69, 9.17) is 0 Å². The summed E-state index contributed by atoms with van der Waals surface area (Å²) >= 11 is 0. The van der Waals surface area contributed by atoms with Gasteiger partial charge in [0.05, 0.1) is 59.4 Å². The molecule has 0 radical (unpaired) electrons. The minimum Gasteiger partial charge on any atom is -0.359 e. The lowest BCUT2D eigenvalue weighted by atomic mass is 10.3. The number of hydrogen-bond donors (Lipinski definition) is 6. The normalized spacial score (nSPS) is 11.0. The number of hydrazine groups is 1. The molecule has 12 heterocycles. The highest BCUT2D eigenvalue weighted by atomic mass is 15.4. The molecular formula is C34H30N20. The second kappa shape index (κ2) is 17.7. The van der Waals surface area contributed by atoms with E-state index in [1.165, 1.54) is 30.9 Å². The third kappa shape index (κ3) is 9.15. The number of aromatic nitrogens is 18. The van der Waals surface area contributed by atoms with E-state index in [2.05, 4.69) is 96.0 Å². The van der Waals surface area contributed by atoms with Crippen molar-refractivity contribution in [3.05, 3.63) is 142 Å². The lowest BCUT2D eigenvalue weighted by Crippen LogP contribution is -2.10. The van der Waals surface area contributed by atoms with E-state index in [1.54, 1.807) is 55.9 Å². The molecule has 20 nitrogen and oxygen atoms in total. The van der Waals surface area contributed by atoms with Crippen molar-refractivity contribution < 1.29 is 0 Å². The molecule has 0 amide bonds. The number of rotatable bonds is 0. The maximum absolute atomic E-state index is 4.08. The molecule has 20 heteroatoms. The smallest absolute Gasteiger partial charge is 0.180 e. The Morgan fingerprint density at radius 3 is 2.22 bits per heavy atom. The van der Waals surface area contributed by atoms with Crippen LogP contribution in [0.2, 0.25) is 0 Å². The van der Waals surface area contributed by atoms with E-state index in [0.29, 0.717) is 5.65 Å². The molecule has 0 saturated heterocycles. The molecule has 0 aromatic carbocycles. The van der Waals surface area contributed by atoms with E-state index in [1.807, 2.05) is 59.5 Å². The average molecular weight is 719 g/mol. The molecule has 6 N–H and O–H groups in total. The van der Waals surface area contributed by atoms with Crippen molar-refractivity contribution in [3.8, 4) is 0 Å². The van der Waals surface area contributed by atoms with Crippen molar-refractivity contribution >= 4 is 55.6 Å². The van der Waals surface area contributed by atoms with Crippen molar-refractivity contribution in [3.63, 3.8) is 0 Å². The summed E-state index contributed by atoms with van der Waals surface area (Å²) in [4.78, 5) is 48.8. The van der Waals surface area contributed by atoms with Gasteiger partial charge in [0.1, 0.15) is 47.5 Å². The number of fused-ring (bicyclic) bond motifs is 6. The number of aromatic amines is 4. The standard InChI is InChI=1S/C7H6N2.C6H7N3.C6H5N3.3C5H4N4/c1-2-5-9-6-4-8-7(9)3-1;1-2-7-3-5-4-8-9-6(1)5;1-2-8-6-3-7-4-9-5(1)6;1-5-4(2-8-9-5)7-3-6-1;1-4-5(8-2-6-1)9-3-7-4;1-4-2-8-9-5(4)7-3-6-1/h1-6H;1-3,8-9H,4H2;1-4,8H;1-3H,(H,8,9);2*1-3H,(H,6,7,8,9). The first-order valence-corrected chi connectivity index (χ1v) is 16.1. The minimum absolute atomic E-state index is 0.713. The Balaban J connectivity index is 0.0000001000. The van der Waals surface area contributed by atoms with Crippen LogP contribution in [-0.2, 0) is 6.54 Å². The van der Waals surface area contributed by atoms with Crippen molar-refractivity contribution in [2.24, 2.45) is 0 Å². The van der Waals surface area contributed by atoms with Gasteiger partial charge < -0.3 is 19.8 Å². The molecule has 11 aromatic rings. The monoisotopic (exact) mass is 718 g/mol. The molecule has 54 heavy (non-hydrogen) atoms. The van der Waals surface area contributed by atoms with Gasteiger partial charge in [-0.05, 0) is 24.3 Å². The van der Waals surface area contributed by atoms with Gasteiger partial charge in [-0.1, -0.05) is 6.07 Å². The molecule has 0 spiro atoms. The summed E-state index contributed by atoms with van der Waals surface area (Å²) in [7, 11) is 0. The molecule has 0 fully saturated rings. The van der Waals surface area contributed by atoms with Crippen LogP contribution in [0.3, 0.4) is 0 Å². The topological polar surface area (TPSA) is 259 Å². The maximum Gasteiger partial charge on any atom is 0.180 e. The summed E-state index contributed by atoms with van der Waals surface area (Å²) in [6.45, 7) is 0.878. The number of nitrogens with zero attached hydrogens (tertiary/aromatic N) is 14. The van der Waals surface area contributed by atoms with Gasteiger partial charge in [0.2, 0.25) is 0 Å². The zero-order chi connectivity index (χ0) is 36.6. The SMILES string of the molecule is c1cc2c(cn1)CNN2.c1ccn2ccnc2c1.c1ncc2[nH]ccc2n1.c1ncc2[nH]cnc2n1.c1ncc2[nH]ncc2n1.c1ncc2cn[nH]c2n1. The fourth-order valence-electron chi connectivity index (χ4n) is 4.65. The number of nitrogens with one attached hydrogen (secondary N) is 6. The van der Waals surface area contributed by atoms with Crippen LogP contribution < -0.4 is 10.9 Å². The summed E-state index contributed by atoms with van der Waals surface area (Å²) < 4.78 is 1.97. The Kier molecular flexibility index (Phi) is 11.2. The van der Waals surface area contributed by atoms with Gasteiger partial charge in [0.25, 0.3) is 0 Å². The van der Waals surface area contributed by atoms with E-state index in [-0.39, 0.29) is 0 Å². The van der Waals surface area contributed by atoms with Gasteiger partial charge in [-0.15, -0.1) is 0 Å². The third-order valence-corrected chi connectivity index (χ3v) is 7.26. The number of H-pyrrole nitrogens is 4. The fourth-order valence-corrected chi connectivity index (χ4v) is 4.65. The van der Waals surface area contributed by atoms with Crippen LogP contribution in [0.4, 0.5) is 5.69 Å². The average Bonchev–Trinajstić information content (AvgIpc) is 4.09. The van der Waals surface area contributed by atoms with Gasteiger partial charge >= 0.3 is 0 Å². The molecule has 11 aromatic heterocycles. The number of imidazole rings is 2. The minimum atomic E-state index is 0.713. The number of anilines is 1. The van der Waals surface area contributed by atoms with E-state index < -0.39 is 0 Å². The highest BCUT2D eigenvalue weighted by molar-refractivity contribution is 5.73. The predicted molar refractivity (Wildman–Crippen MR) is 199 cm³/mol. The molecule has 0 unspecified atom stereocenters. The highest BCUT2D eigenvalue weighted by Crippen LogP contribution is 2.16. The Labute approximate surface area is 304 Å². The van der Waals surface area contributed by atoms with Gasteiger partial charge in [-0.3, -0.25) is 15.2 Å². The Hall–Kier alpha value is -8.13. The summed E-state index contributed by atoms with van der Waals surface area (Å²) in [5, 5.41) is 14.0. The second-order valence-corrected chi connectivity index (χ2v) is 10.8. The van der Waals surface area contributed by atoms with E-state index in [9.17, 15) is 0 Å². The van der Waals surface area contributed by atoms with Gasteiger partial charge in [0, 0.05) is 55.5 Å². The first-order chi connectivity index (χ1) is 26.8. The Morgan fingerprint density at radius 2 is 1.39 bits per heavy atom. The fraction of sp³-hybridized carbons (Fsp3) is 0.0294. The summed E-state index contributed by atoms with van der Waals surface area (Å²) in [6.07, 6.45) is 29.0. The second-order valence-electron chi connectivity index (χ2n) is 10.8. The van der Waals surface area contributed by atoms with Gasteiger partial charge in [-0.2, -0.15) is 10.2 Å². The van der Waals surface area contributed by atoms with Crippen LogP contribution in [0.5, 0.6) is 0 Å². The quantitative estimate of drug-likeness (QED) is 0.130. The van der Waals surface area contributed by atoms with Crippen LogP contribution in [-0.4, -0.2) is 89.6 Å². The van der Waals surface area contributed by atoms with Gasteiger partial charge in [0.15, 0.2) is 11.3 Å². The summed E-state index contributed by atoms with van der Waals surface area (Å²) in [6, 6.07) is 9.80. The Morgan fingerprint density at radius 1 is 0.574 bits per heavy atom. The first kappa shape index (κ1) is 34.3. The van der Waals surface area contributed by atoms with Crippen molar-refractivity contribution in [2.75, 3.05) is 5.43 Å². The zero-order valence-electron chi connectivity index (χ0n) is 28.2. The summed E-state index contributed by atoms with van der Waals surface area (Å²) in [5.74, 6) is 0. The van der Waals surface area contributed by atoms with Crippen LogP contribution in [0, 0.1) is 0 Å². The molecule has 12 rings (SSSR count). The predicted octanol–water partition coefficient (Wildman–Crippen LogP) is 3.86. The zero-order valence-corrected chi connectivity index (χ0v) is 28.2. The summed E-state index contributed by atoms with van der Waals surface area (Å²) in [5.41, 5.74) is 15.4. The van der Waals surface area contributed by atoms with Crippen molar-refractivity contribution in [1.29, 1.82) is 0 Å². The van der Waals surface area contributed by atoms with Crippen LogP contribution >= 0.6 is 0 Å². The van der Waals surface area contributed by atoms with E-state index >= 15 is 0 Å². The van der Waals surface area contributed by atoms with Crippen molar-refractivity contribution in [1.82, 2.24) is 95.0 Å². The molecule has 1 aliphatic rings. The number of pyridine rings is 2. The molecule has 266 valence electrons. The number of hydrogen-bond acceptors (Lipinski definition) is 15. The molecule has 0 saturated carbocycles. The van der Waals surface area contributed by atoms with Gasteiger partial charge in [-0.25, -0.2) is 55.3 Å². The molecule has 0 atom stereocenters. The third-order valence-electron chi connectivity index (χ3n) is 7.26. The maximum atomic E-state index is 4.08. The lowest BCUT2D eigenvalue weighted by Gasteiger charge is -1.92. The molecule has 1 aliphatic heterocycles. The molecular weight excluding hydrogens is 689 g/mol. The highest BCUT2D eigenvalue weighted by Gasteiger charge is 2.06. The van der Waals surface area contributed by atoms with E-state index in [0.717, 1.165) is 56.5 Å².